The molecule has 0 radical (unpaired) electrons. The number of benzene rings is 1. The molecule has 4 N–H and O–H groups in total. The number of nitrogens with two attached hydrogens (primary N) is 1. The van der Waals surface area contributed by atoms with Gasteiger partial charge in [-0.15, -0.1) is 11.8 Å². The predicted molar refractivity (Wildman–Crippen MR) is 157 cm³/mol. The third-order valence-corrected chi connectivity index (χ3v) is 8.40. The van der Waals surface area contributed by atoms with Crippen molar-refractivity contribution in [2.75, 3.05) is 30.3 Å². The van der Waals surface area contributed by atoms with Gasteiger partial charge < -0.3 is 20.8 Å². The molecule has 0 spiro atoms. The number of hydrogen-bond acceptors (Lipinski definition) is 9. The van der Waals surface area contributed by atoms with Crippen molar-refractivity contribution < 1.29 is 14.0 Å². The van der Waals surface area contributed by atoms with Crippen LogP contribution < -0.4 is 16.4 Å². The highest BCUT2D eigenvalue weighted by Crippen LogP contribution is 2.32. The summed E-state index contributed by atoms with van der Waals surface area (Å²) in [5.74, 6) is 1.97. The van der Waals surface area contributed by atoms with Gasteiger partial charge in [-0.05, 0) is 43.6 Å². The van der Waals surface area contributed by atoms with E-state index in [-0.39, 0.29) is 23.1 Å². The minimum Gasteiger partial charge on any atom is -0.444 e. The van der Waals surface area contributed by atoms with E-state index in [1.54, 1.807) is 30.2 Å². The smallest absolute Gasteiger partial charge is 0.248 e. The van der Waals surface area contributed by atoms with Crippen molar-refractivity contribution >= 4 is 45.7 Å². The normalized spacial score (nSPS) is 15.1. The maximum Gasteiger partial charge on any atom is 0.248 e. The number of aromatic nitrogens is 2. The number of piperidine rings is 1. The number of anilines is 2. The van der Waals surface area contributed by atoms with E-state index in [1.807, 2.05) is 24.3 Å². The average Bonchev–Trinajstić information content (AvgIpc) is 3.56. The molecular weight excluding hydrogens is 532 g/mol. The molecule has 39 heavy (non-hydrogen) atoms. The number of nitrogens with zero attached hydrogens (tertiary/aromatic N) is 3. The van der Waals surface area contributed by atoms with Crippen LogP contribution in [0.5, 0.6) is 0 Å². The number of thioether (sulfide) groups is 1. The van der Waals surface area contributed by atoms with E-state index >= 15 is 0 Å². The molecule has 1 aliphatic heterocycles. The Kier molecular flexibility index (Phi) is 9.95. The molecule has 1 aliphatic rings. The Morgan fingerprint density at radius 3 is 2.72 bits per heavy atom. The Balaban J connectivity index is 1.20. The number of carbonyl (C=O) groups is 2. The van der Waals surface area contributed by atoms with Crippen LogP contribution in [0.1, 0.15) is 50.8 Å². The minimum atomic E-state index is -0.195. The van der Waals surface area contributed by atoms with Gasteiger partial charge in [0.25, 0.3) is 0 Å². The van der Waals surface area contributed by atoms with Gasteiger partial charge in [0.05, 0.1) is 22.4 Å². The van der Waals surface area contributed by atoms with Crippen molar-refractivity contribution in [3.05, 3.63) is 66.0 Å². The van der Waals surface area contributed by atoms with Crippen LogP contribution in [-0.4, -0.2) is 46.3 Å². The van der Waals surface area contributed by atoms with E-state index in [0.717, 1.165) is 53.7 Å². The molecule has 4 rings (SSSR count). The summed E-state index contributed by atoms with van der Waals surface area (Å²) in [5, 5.41) is 6.48. The van der Waals surface area contributed by atoms with Gasteiger partial charge in [-0.3, -0.25) is 14.5 Å². The summed E-state index contributed by atoms with van der Waals surface area (Å²) in [4.78, 5) is 35.9. The standard InChI is InChI=1S/C28H36N6O3S2/c1-28(2,3)22-15-30-24(37-22)18-38-25-16-31-27(39-25)33-26(36)20-9-12-34(13-10-20)17-19-6-4-7-21(14-19)32-23(35)8-5-11-29/h4-8,14-16,20H,9-13,17-18,29H2,1-3H3,(H,32,35)(H,31,33,36)/b8-5+. The van der Waals surface area contributed by atoms with Crippen molar-refractivity contribution in [1.82, 2.24) is 14.9 Å². The zero-order valence-corrected chi connectivity index (χ0v) is 24.2. The van der Waals surface area contributed by atoms with E-state index in [9.17, 15) is 9.59 Å². The molecule has 1 saturated heterocycles. The van der Waals surface area contributed by atoms with Crippen LogP contribution in [0.4, 0.5) is 10.8 Å². The van der Waals surface area contributed by atoms with Crippen LogP contribution in [0.15, 0.2) is 57.4 Å². The first-order chi connectivity index (χ1) is 18.7. The van der Waals surface area contributed by atoms with Crippen molar-refractivity contribution in [3.63, 3.8) is 0 Å². The van der Waals surface area contributed by atoms with Gasteiger partial charge in [0.15, 0.2) is 5.13 Å². The molecule has 11 heteroatoms. The fraction of sp³-hybridized carbons (Fsp3) is 0.429. The lowest BCUT2D eigenvalue weighted by atomic mass is 9.94. The maximum atomic E-state index is 12.9. The van der Waals surface area contributed by atoms with Gasteiger partial charge >= 0.3 is 0 Å². The number of thiazole rings is 1. The molecule has 0 aliphatic carbocycles. The molecule has 208 valence electrons. The number of likely N-dealkylation sites (tertiary alicyclic amines) is 1. The molecule has 1 fully saturated rings. The van der Waals surface area contributed by atoms with Gasteiger partial charge in [0, 0.05) is 36.2 Å². The highest BCUT2D eigenvalue weighted by molar-refractivity contribution is 8.00. The van der Waals surface area contributed by atoms with Crippen LogP contribution >= 0.6 is 23.1 Å². The van der Waals surface area contributed by atoms with E-state index in [2.05, 4.69) is 46.3 Å². The number of carbonyl (C=O) groups excluding carboxylic acids is 2. The van der Waals surface area contributed by atoms with E-state index in [4.69, 9.17) is 10.2 Å². The van der Waals surface area contributed by atoms with Gasteiger partial charge in [-0.1, -0.05) is 50.3 Å². The number of rotatable bonds is 10. The van der Waals surface area contributed by atoms with Crippen LogP contribution in [0.2, 0.25) is 0 Å². The molecule has 0 bridgehead atoms. The van der Waals surface area contributed by atoms with Gasteiger partial charge in [0.2, 0.25) is 17.7 Å². The molecule has 0 saturated carbocycles. The van der Waals surface area contributed by atoms with Crippen LogP contribution in [0, 0.1) is 5.92 Å². The largest absolute Gasteiger partial charge is 0.444 e. The summed E-state index contributed by atoms with van der Waals surface area (Å²) in [7, 11) is 0. The Labute approximate surface area is 237 Å². The van der Waals surface area contributed by atoms with Crippen LogP contribution in [-0.2, 0) is 27.3 Å². The Morgan fingerprint density at radius 1 is 1.21 bits per heavy atom. The second kappa shape index (κ2) is 13.4. The fourth-order valence-corrected chi connectivity index (χ4v) is 5.89. The molecular formula is C28H36N6O3S2. The molecule has 2 amide bonds. The van der Waals surface area contributed by atoms with Gasteiger partial charge in [-0.2, -0.15) is 0 Å². The second-order valence-corrected chi connectivity index (χ2v) is 12.8. The zero-order chi connectivity index (χ0) is 27.8. The Morgan fingerprint density at radius 2 is 2.00 bits per heavy atom. The lowest BCUT2D eigenvalue weighted by Crippen LogP contribution is -2.37. The summed E-state index contributed by atoms with van der Waals surface area (Å²) in [6.45, 7) is 9.05. The lowest BCUT2D eigenvalue weighted by Gasteiger charge is -2.31. The first-order valence-corrected chi connectivity index (χ1v) is 14.8. The molecule has 3 heterocycles. The molecule has 2 aromatic heterocycles. The summed E-state index contributed by atoms with van der Waals surface area (Å²) < 4.78 is 6.86. The van der Waals surface area contributed by atoms with Gasteiger partial charge in [0.1, 0.15) is 5.76 Å². The minimum absolute atomic E-state index is 0.0262. The van der Waals surface area contributed by atoms with Crippen LogP contribution in [0.3, 0.4) is 0 Å². The third-order valence-electron chi connectivity index (χ3n) is 6.31. The number of oxazole rings is 1. The van der Waals surface area contributed by atoms with Crippen molar-refractivity contribution in [2.45, 2.75) is 55.5 Å². The molecule has 0 atom stereocenters. The van der Waals surface area contributed by atoms with E-state index < -0.39 is 0 Å². The Bertz CT molecular complexity index is 1290. The first-order valence-electron chi connectivity index (χ1n) is 13.0. The molecule has 0 unspecified atom stereocenters. The molecule has 1 aromatic carbocycles. The highest BCUT2D eigenvalue weighted by atomic mass is 32.2. The van der Waals surface area contributed by atoms with Crippen LogP contribution in [0.25, 0.3) is 0 Å². The number of amides is 2. The predicted octanol–water partition coefficient (Wildman–Crippen LogP) is 5.03. The SMILES string of the molecule is CC(C)(C)c1cnc(CSc2cnc(NC(=O)C3CCN(Cc4cccc(NC(=O)/C=C/CN)c4)CC3)s2)o1. The average molecular weight is 569 g/mol. The quantitative estimate of drug-likeness (QED) is 0.230. The Hall–Kier alpha value is -2.99. The summed E-state index contributed by atoms with van der Waals surface area (Å²) in [6.07, 6.45) is 8.22. The number of hydrogen-bond donors (Lipinski definition) is 3. The first kappa shape index (κ1) is 29.0. The van der Waals surface area contributed by atoms with Gasteiger partial charge in [-0.25, -0.2) is 9.97 Å². The summed E-state index contributed by atoms with van der Waals surface area (Å²) in [6, 6.07) is 7.84. The van der Waals surface area contributed by atoms with E-state index in [0.29, 0.717) is 23.3 Å². The summed E-state index contributed by atoms with van der Waals surface area (Å²) in [5.41, 5.74) is 7.20. The molecule has 3 aromatic rings. The second-order valence-electron chi connectivity index (χ2n) is 10.5. The number of nitrogens with one attached hydrogen (secondary N) is 2. The summed E-state index contributed by atoms with van der Waals surface area (Å²) >= 11 is 3.07. The maximum absolute atomic E-state index is 12.9. The van der Waals surface area contributed by atoms with Crippen molar-refractivity contribution in [1.29, 1.82) is 0 Å². The fourth-order valence-electron chi connectivity index (χ4n) is 4.17. The third kappa shape index (κ3) is 8.76. The highest BCUT2D eigenvalue weighted by Gasteiger charge is 2.26. The topological polar surface area (TPSA) is 126 Å². The molecule has 9 nitrogen and oxygen atoms in total. The monoisotopic (exact) mass is 568 g/mol. The van der Waals surface area contributed by atoms with Crippen molar-refractivity contribution in [3.8, 4) is 0 Å². The van der Waals surface area contributed by atoms with E-state index in [1.165, 1.54) is 17.4 Å². The zero-order valence-electron chi connectivity index (χ0n) is 22.6. The lowest BCUT2D eigenvalue weighted by molar-refractivity contribution is -0.121. The van der Waals surface area contributed by atoms with Crippen molar-refractivity contribution in [2.24, 2.45) is 11.7 Å².